The summed E-state index contributed by atoms with van der Waals surface area (Å²) in [6.45, 7) is 1.44. The number of aromatic nitrogens is 2. The van der Waals surface area contributed by atoms with Gasteiger partial charge < -0.3 is 5.11 Å². The molecule has 1 aromatic rings. The fraction of sp³-hybridized carbons (Fsp3) is 0.429. The molecule has 0 saturated heterocycles. The average molecular weight is 208 g/mol. The fourth-order valence-corrected chi connectivity index (χ4v) is 1.12. The van der Waals surface area contributed by atoms with Gasteiger partial charge in [0, 0.05) is 5.56 Å². The molecule has 1 rings (SSSR count). The summed E-state index contributed by atoms with van der Waals surface area (Å²) in [6.07, 6.45) is -4.65. The third-order valence-corrected chi connectivity index (χ3v) is 1.70. The number of H-pyrrole nitrogens is 1. The monoisotopic (exact) mass is 208 g/mol. The maximum absolute atomic E-state index is 12.2. The van der Waals surface area contributed by atoms with Crippen molar-refractivity contribution in [1.82, 2.24) is 10.2 Å². The van der Waals surface area contributed by atoms with E-state index in [2.05, 4.69) is 5.10 Å². The first-order valence-electron chi connectivity index (χ1n) is 3.75. The molecule has 4 nitrogen and oxygen atoms in total. The summed E-state index contributed by atoms with van der Waals surface area (Å²) in [5, 5.41) is 13.3. The predicted octanol–water partition coefficient (Wildman–Crippen LogP) is 1.69. The molecule has 0 atom stereocenters. The number of hydrogen-bond donors (Lipinski definition) is 2. The molecule has 0 spiro atoms. The molecule has 0 aliphatic rings. The van der Waals surface area contributed by atoms with Crippen LogP contribution >= 0.6 is 0 Å². The topological polar surface area (TPSA) is 66.0 Å². The van der Waals surface area contributed by atoms with Crippen LogP contribution in [0.25, 0.3) is 0 Å². The van der Waals surface area contributed by atoms with Crippen LogP contribution in [0.4, 0.5) is 13.2 Å². The van der Waals surface area contributed by atoms with Crippen molar-refractivity contribution in [2.24, 2.45) is 0 Å². The summed E-state index contributed by atoms with van der Waals surface area (Å²) >= 11 is 0. The molecule has 1 aromatic heterocycles. The molecule has 0 fully saturated rings. The van der Waals surface area contributed by atoms with Crippen molar-refractivity contribution in [2.45, 2.75) is 19.5 Å². The number of carbonyl (C=O) groups is 1. The minimum atomic E-state index is -4.62. The number of nitrogens with zero attached hydrogens (tertiary/aromatic N) is 1. The Bertz CT molecular complexity index is 356. The lowest BCUT2D eigenvalue weighted by atomic mass is 10.1. The number of aromatic carboxylic acids is 1. The largest absolute Gasteiger partial charge is 0.477 e. The molecule has 2 N–H and O–H groups in total. The van der Waals surface area contributed by atoms with Crippen LogP contribution in [0.2, 0.25) is 0 Å². The van der Waals surface area contributed by atoms with Gasteiger partial charge in [-0.2, -0.15) is 18.3 Å². The van der Waals surface area contributed by atoms with E-state index in [9.17, 15) is 18.0 Å². The molecular formula is C7H7F3N2O2. The lowest BCUT2D eigenvalue weighted by Crippen LogP contribution is -2.09. The number of aromatic amines is 1. The Morgan fingerprint density at radius 1 is 1.57 bits per heavy atom. The van der Waals surface area contributed by atoms with Crippen molar-refractivity contribution >= 4 is 5.97 Å². The second-order valence-corrected chi connectivity index (χ2v) is 2.58. The highest BCUT2D eigenvalue weighted by Gasteiger charge is 2.38. The molecule has 0 amide bonds. The summed E-state index contributed by atoms with van der Waals surface area (Å²) in [6, 6.07) is 0. The number of rotatable bonds is 2. The maximum atomic E-state index is 12.2. The van der Waals surface area contributed by atoms with Gasteiger partial charge in [0.05, 0.1) is 0 Å². The minimum absolute atomic E-state index is 0.0347. The van der Waals surface area contributed by atoms with Gasteiger partial charge in [-0.15, -0.1) is 0 Å². The SMILES string of the molecule is CCc1c(C(F)(F)F)n[nH]c1C(=O)O. The molecule has 0 aliphatic heterocycles. The molecule has 1 heterocycles. The Morgan fingerprint density at radius 2 is 2.14 bits per heavy atom. The van der Waals surface area contributed by atoms with Crippen LogP contribution in [0.3, 0.4) is 0 Å². The first-order chi connectivity index (χ1) is 6.38. The zero-order chi connectivity index (χ0) is 10.9. The molecule has 0 aliphatic carbocycles. The van der Waals surface area contributed by atoms with E-state index in [-0.39, 0.29) is 12.0 Å². The Balaban J connectivity index is 3.28. The highest BCUT2D eigenvalue weighted by Crippen LogP contribution is 2.31. The molecule has 0 radical (unpaired) electrons. The van der Waals surface area contributed by atoms with Gasteiger partial charge in [-0.05, 0) is 6.42 Å². The zero-order valence-electron chi connectivity index (χ0n) is 7.14. The van der Waals surface area contributed by atoms with Crippen molar-refractivity contribution < 1.29 is 23.1 Å². The molecule has 14 heavy (non-hydrogen) atoms. The van der Waals surface area contributed by atoms with Crippen LogP contribution in [0.15, 0.2) is 0 Å². The summed E-state index contributed by atoms with van der Waals surface area (Å²) in [7, 11) is 0. The minimum Gasteiger partial charge on any atom is -0.477 e. The van der Waals surface area contributed by atoms with Crippen molar-refractivity contribution in [3.8, 4) is 0 Å². The first kappa shape index (κ1) is 10.6. The first-order valence-corrected chi connectivity index (χ1v) is 3.75. The summed E-state index contributed by atoms with van der Waals surface area (Å²) in [5.74, 6) is -1.44. The number of alkyl halides is 3. The second-order valence-electron chi connectivity index (χ2n) is 2.58. The Morgan fingerprint density at radius 3 is 2.50 bits per heavy atom. The number of hydrogen-bond acceptors (Lipinski definition) is 2. The Hall–Kier alpha value is -1.53. The Labute approximate surface area is 76.7 Å². The van der Waals surface area contributed by atoms with E-state index < -0.39 is 23.5 Å². The van der Waals surface area contributed by atoms with Gasteiger partial charge in [-0.1, -0.05) is 6.92 Å². The fourth-order valence-electron chi connectivity index (χ4n) is 1.12. The van der Waals surface area contributed by atoms with Crippen molar-refractivity contribution in [3.63, 3.8) is 0 Å². The summed E-state index contributed by atoms with van der Waals surface area (Å²) < 4.78 is 36.7. The highest BCUT2D eigenvalue weighted by molar-refractivity contribution is 5.87. The maximum Gasteiger partial charge on any atom is 0.435 e. The standard InChI is InChI=1S/C7H7F3N2O2/c1-2-3-4(6(13)14)11-12-5(3)7(8,9)10/h2H2,1H3,(H,11,12)(H,13,14). The lowest BCUT2D eigenvalue weighted by Gasteiger charge is -2.04. The molecule has 0 bridgehead atoms. The van der Waals surface area contributed by atoms with Gasteiger partial charge in [0.1, 0.15) is 5.69 Å². The van der Waals surface area contributed by atoms with Gasteiger partial charge in [0.15, 0.2) is 5.69 Å². The van der Waals surface area contributed by atoms with E-state index >= 15 is 0 Å². The predicted molar refractivity (Wildman–Crippen MR) is 39.9 cm³/mol. The molecule has 0 aromatic carbocycles. The van der Waals surface area contributed by atoms with Gasteiger partial charge >= 0.3 is 12.1 Å². The highest BCUT2D eigenvalue weighted by atomic mass is 19.4. The van der Waals surface area contributed by atoms with Crippen LogP contribution in [-0.4, -0.2) is 21.3 Å². The van der Waals surface area contributed by atoms with Crippen molar-refractivity contribution in [1.29, 1.82) is 0 Å². The van der Waals surface area contributed by atoms with Crippen LogP contribution in [0.1, 0.15) is 28.7 Å². The van der Waals surface area contributed by atoms with E-state index in [0.717, 1.165) is 0 Å². The third kappa shape index (κ3) is 1.70. The zero-order valence-corrected chi connectivity index (χ0v) is 7.14. The average Bonchev–Trinajstić information content (AvgIpc) is 2.45. The third-order valence-electron chi connectivity index (χ3n) is 1.70. The van der Waals surface area contributed by atoms with Gasteiger partial charge in [0.2, 0.25) is 0 Å². The molecule has 78 valence electrons. The van der Waals surface area contributed by atoms with E-state index in [1.165, 1.54) is 6.92 Å². The van der Waals surface area contributed by atoms with Crippen LogP contribution in [-0.2, 0) is 12.6 Å². The van der Waals surface area contributed by atoms with Crippen molar-refractivity contribution in [2.75, 3.05) is 0 Å². The normalized spacial score (nSPS) is 11.7. The van der Waals surface area contributed by atoms with Gasteiger partial charge in [-0.3, -0.25) is 5.10 Å². The van der Waals surface area contributed by atoms with Gasteiger partial charge in [0.25, 0.3) is 0 Å². The van der Waals surface area contributed by atoms with E-state index in [4.69, 9.17) is 5.11 Å². The number of carboxylic acids is 1. The second kappa shape index (κ2) is 3.32. The van der Waals surface area contributed by atoms with E-state index in [1.54, 1.807) is 0 Å². The van der Waals surface area contributed by atoms with Gasteiger partial charge in [-0.25, -0.2) is 4.79 Å². The smallest absolute Gasteiger partial charge is 0.435 e. The summed E-state index contributed by atoms with van der Waals surface area (Å²) in [4.78, 5) is 10.5. The van der Waals surface area contributed by atoms with Crippen LogP contribution < -0.4 is 0 Å². The van der Waals surface area contributed by atoms with Crippen LogP contribution in [0, 0.1) is 0 Å². The lowest BCUT2D eigenvalue weighted by molar-refractivity contribution is -0.141. The molecule has 7 heteroatoms. The van der Waals surface area contributed by atoms with E-state index in [1.807, 2.05) is 5.10 Å². The Kier molecular flexibility index (Phi) is 2.50. The molecular weight excluding hydrogens is 201 g/mol. The number of halogens is 3. The summed E-state index contributed by atoms with van der Waals surface area (Å²) in [5.41, 5.74) is -1.97. The molecule has 0 unspecified atom stereocenters. The van der Waals surface area contributed by atoms with Crippen molar-refractivity contribution in [3.05, 3.63) is 17.0 Å². The molecule has 0 saturated carbocycles. The van der Waals surface area contributed by atoms with Crippen LogP contribution in [0.5, 0.6) is 0 Å². The number of nitrogens with one attached hydrogen (secondary N) is 1. The quantitative estimate of drug-likeness (QED) is 0.777. The van der Waals surface area contributed by atoms with E-state index in [0.29, 0.717) is 0 Å². The number of carboxylic acid groups (broad SMARTS) is 1.